The molecule has 2 amide bonds. The van der Waals surface area contributed by atoms with Crippen LogP contribution in [0.3, 0.4) is 0 Å². The van der Waals surface area contributed by atoms with Crippen molar-refractivity contribution in [2.45, 2.75) is 30.6 Å². The number of fused-ring (bicyclic) bond motifs is 1. The van der Waals surface area contributed by atoms with Crippen molar-refractivity contribution in [1.82, 2.24) is 4.90 Å². The number of thioether (sulfide) groups is 1. The first-order chi connectivity index (χ1) is 14.2. The minimum absolute atomic E-state index is 0.0244. The van der Waals surface area contributed by atoms with Crippen molar-refractivity contribution < 1.29 is 27.5 Å². The third-order valence-corrected chi connectivity index (χ3v) is 5.66. The monoisotopic (exact) mass is 438 g/mol. The van der Waals surface area contributed by atoms with E-state index in [1.54, 1.807) is 22.7 Å². The number of hydrogen-bond acceptors (Lipinski definition) is 4. The molecule has 3 rings (SSSR count). The molecule has 0 aliphatic carbocycles. The third-order valence-electron chi connectivity index (χ3n) is 4.61. The number of ether oxygens (including phenoxy) is 1. The quantitative estimate of drug-likeness (QED) is 0.668. The van der Waals surface area contributed by atoms with Crippen LogP contribution in [0.1, 0.15) is 18.4 Å². The van der Waals surface area contributed by atoms with Crippen molar-refractivity contribution in [2.24, 2.45) is 0 Å². The fraction of sp³-hybridized carbons (Fsp3) is 0.333. The molecular formula is C21H21F3N2O3S. The molecule has 160 valence electrons. The molecule has 0 fully saturated rings. The van der Waals surface area contributed by atoms with Crippen LogP contribution >= 0.6 is 11.8 Å². The van der Waals surface area contributed by atoms with Gasteiger partial charge in [-0.25, -0.2) is 0 Å². The van der Waals surface area contributed by atoms with Crippen LogP contribution in [0.4, 0.5) is 18.9 Å². The van der Waals surface area contributed by atoms with Crippen LogP contribution in [0.2, 0.25) is 0 Å². The zero-order valence-corrected chi connectivity index (χ0v) is 17.1. The molecule has 0 atom stereocenters. The number of amides is 2. The number of benzene rings is 2. The number of nitrogens with zero attached hydrogens (tertiary/aromatic N) is 2. The van der Waals surface area contributed by atoms with Crippen molar-refractivity contribution in [3.8, 4) is 5.75 Å². The average molecular weight is 438 g/mol. The van der Waals surface area contributed by atoms with Gasteiger partial charge in [-0.2, -0.15) is 0 Å². The van der Waals surface area contributed by atoms with Crippen molar-refractivity contribution in [1.29, 1.82) is 0 Å². The summed E-state index contributed by atoms with van der Waals surface area (Å²) in [6, 6.07) is 13.3. The van der Waals surface area contributed by atoms with Gasteiger partial charge in [-0.05, 0) is 18.2 Å². The molecular weight excluding hydrogens is 417 g/mol. The van der Waals surface area contributed by atoms with Crippen LogP contribution in [0.5, 0.6) is 5.75 Å². The van der Waals surface area contributed by atoms with E-state index in [0.29, 0.717) is 6.54 Å². The minimum atomic E-state index is -4.81. The standard InChI is InChI=1S/C21H21F3N2O3S/c1-25(14-15-6-2-4-8-17(15)29-21(22,23)24)19(27)10-11-20(28)26-12-13-30-18-9-5-3-7-16(18)26/h2-9H,10-14H2,1H3. The normalized spacial score (nSPS) is 13.5. The number of anilines is 1. The van der Waals surface area contributed by atoms with E-state index < -0.39 is 6.36 Å². The molecule has 0 spiro atoms. The molecule has 1 heterocycles. The Morgan fingerprint density at radius 1 is 1.10 bits per heavy atom. The van der Waals surface area contributed by atoms with Gasteiger partial charge in [-0.3, -0.25) is 9.59 Å². The highest BCUT2D eigenvalue weighted by Gasteiger charge is 2.32. The number of alkyl halides is 3. The molecule has 0 saturated heterocycles. The van der Waals surface area contributed by atoms with Crippen LogP contribution in [0.15, 0.2) is 53.4 Å². The van der Waals surface area contributed by atoms with Gasteiger partial charge in [0.05, 0.1) is 5.69 Å². The maximum absolute atomic E-state index is 12.7. The summed E-state index contributed by atoms with van der Waals surface area (Å²) in [5.41, 5.74) is 1.08. The molecule has 1 aliphatic heterocycles. The van der Waals surface area contributed by atoms with Crippen molar-refractivity contribution in [3.63, 3.8) is 0 Å². The Morgan fingerprint density at radius 3 is 2.57 bits per heavy atom. The number of para-hydroxylation sites is 2. The zero-order chi connectivity index (χ0) is 21.7. The second kappa shape index (κ2) is 9.42. The zero-order valence-electron chi connectivity index (χ0n) is 16.3. The number of carbonyl (C=O) groups is 2. The summed E-state index contributed by atoms with van der Waals surface area (Å²) in [4.78, 5) is 29.1. The summed E-state index contributed by atoms with van der Waals surface area (Å²) in [5.74, 6) is -0.0367. The molecule has 0 radical (unpaired) electrons. The van der Waals surface area contributed by atoms with E-state index in [4.69, 9.17) is 0 Å². The highest BCUT2D eigenvalue weighted by atomic mass is 32.2. The molecule has 5 nitrogen and oxygen atoms in total. The van der Waals surface area contributed by atoms with E-state index >= 15 is 0 Å². The highest BCUT2D eigenvalue weighted by molar-refractivity contribution is 7.99. The SMILES string of the molecule is CN(Cc1ccccc1OC(F)(F)F)C(=O)CCC(=O)N1CCSc2ccccc21. The van der Waals surface area contributed by atoms with Gasteiger partial charge in [-0.1, -0.05) is 30.3 Å². The number of hydrogen-bond donors (Lipinski definition) is 0. The minimum Gasteiger partial charge on any atom is -0.405 e. The topological polar surface area (TPSA) is 49.9 Å². The van der Waals surface area contributed by atoms with Gasteiger partial charge in [0.25, 0.3) is 0 Å². The van der Waals surface area contributed by atoms with Crippen LogP contribution < -0.4 is 9.64 Å². The number of carbonyl (C=O) groups excluding carboxylic acids is 2. The predicted molar refractivity (Wildman–Crippen MR) is 108 cm³/mol. The molecule has 0 aromatic heterocycles. The summed E-state index contributed by atoms with van der Waals surface area (Å²) in [7, 11) is 1.49. The van der Waals surface area contributed by atoms with Gasteiger partial charge in [0, 0.05) is 49.2 Å². The molecule has 9 heteroatoms. The van der Waals surface area contributed by atoms with Gasteiger partial charge < -0.3 is 14.5 Å². The summed E-state index contributed by atoms with van der Waals surface area (Å²) >= 11 is 1.68. The van der Waals surface area contributed by atoms with E-state index in [-0.39, 0.29) is 42.5 Å². The van der Waals surface area contributed by atoms with Gasteiger partial charge >= 0.3 is 6.36 Å². The van der Waals surface area contributed by atoms with E-state index in [2.05, 4.69) is 4.74 Å². The second-order valence-corrected chi connectivity index (χ2v) is 7.90. The van der Waals surface area contributed by atoms with Crippen LogP contribution in [0, 0.1) is 0 Å². The van der Waals surface area contributed by atoms with Crippen LogP contribution in [-0.4, -0.2) is 42.4 Å². The van der Waals surface area contributed by atoms with Crippen LogP contribution in [-0.2, 0) is 16.1 Å². The molecule has 1 aliphatic rings. The Balaban J connectivity index is 1.58. The lowest BCUT2D eigenvalue weighted by atomic mass is 10.1. The lowest BCUT2D eigenvalue weighted by Crippen LogP contribution is -2.36. The van der Waals surface area contributed by atoms with E-state index in [1.807, 2.05) is 24.3 Å². The smallest absolute Gasteiger partial charge is 0.405 e. The molecule has 2 aromatic rings. The summed E-state index contributed by atoms with van der Waals surface area (Å²) in [5, 5.41) is 0. The maximum atomic E-state index is 12.7. The molecule has 0 N–H and O–H groups in total. The largest absolute Gasteiger partial charge is 0.573 e. The maximum Gasteiger partial charge on any atom is 0.573 e. The fourth-order valence-corrected chi connectivity index (χ4v) is 4.17. The third kappa shape index (κ3) is 5.69. The van der Waals surface area contributed by atoms with E-state index in [1.165, 1.54) is 30.1 Å². The molecule has 0 bridgehead atoms. The summed E-state index contributed by atoms with van der Waals surface area (Å²) < 4.78 is 41.7. The Bertz CT molecular complexity index is 920. The van der Waals surface area contributed by atoms with Gasteiger partial charge in [0.2, 0.25) is 11.8 Å². The van der Waals surface area contributed by atoms with Crippen LogP contribution in [0.25, 0.3) is 0 Å². The highest BCUT2D eigenvalue weighted by Crippen LogP contribution is 2.34. The summed E-state index contributed by atoms with van der Waals surface area (Å²) in [6.45, 7) is 0.523. The van der Waals surface area contributed by atoms with Crippen molar-refractivity contribution >= 4 is 29.3 Å². The first kappa shape index (κ1) is 22.0. The summed E-state index contributed by atoms with van der Waals surface area (Å²) in [6.07, 6.45) is -4.81. The Hall–Kier alpha value is -2.68. The van der Waals surface area contributed by atoms with Gasteiger partial charge in [0.15, 0.2) is 0 Å². The Kier molecular flexibility index (Phi) is 6.91. The average Bonchev–Trinajstić information content (AvgIpc) is 2.71. The number of rotatable bonds is 6. The lowest BCUT2D eigenvalue weighted by Gasteiger charge is -2.29. The number of halogens is 3. The Labute approximate surface area is 176 Å². The fourth-order valence-electron chi connectivity index (χ4n) is 3.17. The molecule has 0 unspecified atom stereocenters. The van der Waals surface area contributed by atoms with Gasteiger partial charge in [-0.15, -0.1) is 24.9 Å². The first-order valence-electron chi connectivity index (χ1n) is 9.34. The van der Waals surface area contributed by atoms with Crippen molar-refractivity contribution in [2.75, 3.05) is 24.2 Å². The predicted octanol–water partition coefficient (Wildman–Crippen LogP) is 4.46. The van der Waals surface area contributed by atoms with Gasteiger partial charge in [0.1, 0.15) is 5.75 Å². The molecule has 2 aromatic carbocycles. The van der Waals surface area contributed by atoms with E-state index in [9.17, 15) is 22.8 Å². The molecule has 0 saturated carbocycles. The Morgan fingerprint density at radius 2 is 1.80 bits per heavy atom. The second-order valence-electron chi connectivity index (χ2n) is 6.77. The van der Waals surface area contributed by atoms with Crippen molar-refractivity contribution in [3.05, 3.63) is 54.1 Å². The first-order valence-corrected chi connectivity index (χ1v) is 10.3. The molecule has 30 heavy (non-hydrogen) atoms. The van der Waals surface area contributed by atoms with E-state index in [0.717, 1.165) is 16.3 Å². The lowest BCUT2D eigenvalue weighted by molar-refractivity contribution is -0.275.